The van der Waals surface area contributed by atoms with Crippen molar-refractivity contribution in [3.8, 4) is 0 Å². The van der Waals surface area contributed by atoms with Gasteiger partial charge in [-0.1, -0.05) is 13.8 Å². The van der Waals surface area contributed by atoms with Crippen molar-refractivity contribution in [1.29, 1.82) is 0 Å². The van der Waals surface area contributed by atoms with Gasteiger partial charge in [-0.05, 0) is 18.8 Å². The first-order valence-electron chi connectivity index (χ1n) is 7.58. The van der Waals surface area contributed by atoms with Crippen LogP contribution in [0.5, 0.6) is 0 Å². The number of aromatic nitrogens is 3. The summed E-state index contributed by atoms with van der Waals surface area (Å²) in [5.74, 6) is 0.835. The third-order valence-electron chi connectivity index (χ3n) is 4.72. The molecule has 0 aliphatic carbocycles. The van der Waals surface area contributed by atoms with E-state index in [0.717, 1.165) is 0 Å². The molecule has 0 unspecified atom stereocenters. The number of fused-ring (bicyclic) bond motifs is 1. The molecule has 1 aliphatic rings. The van der Waals surface area contributed by atoms with Crippen molar-refractivity contribution in [1.82, 2.24) is 14.4 Å². The summed E-state index contributed by atoms with van der Waals surface area (Å²) in [5, 5.41) is 2.91. The van der Waals surface area contributed by atoms with E-state index in [0.29, 0.717) is 24.3 Å². The number of hydrogen-bond acceptors (Lipinski definition) is 5. The Hall–Kier alpha value is -1.96. The predicted octanol–water partition coefficient (Wildman–Crippen LogP) is 1.52. The van der Waals surface area contributed by atoms with Crippen LogP contribution in [-0.2, 0) is 14.6 Å². The highest BCUT2D eigenvalue weighted by molar-refractivity contribution is 7.91. The quantitative estimate of drug-likeness (QED) is 0.917. The Morgan fingerprint density at radius 2 is 2.00 bits per heavy atom. The summed E-state index contributed by atoms with van der Waals surface area (Å²) in [4.78, 5) is 20.9. The van der Waals surface area contributed by atoms with Crippen LogP contribution in [0.4, 0.5) is 5.82 Å². The molecule has 1 amide bonds. The molecule has 0 radical (unpaired) electrons. The van der Waals surface area contributed by atoms with Crippen LogP contribution in [0.2, 0.25) is 0 Å². The first-order valence-corrected chi connectivity index (χ1v) is 9.41. The SMILES string of the molecule is CC(C)(C(=O)Nc1cnc2cnccn12)C1CCS(=O)(=O)CC1. The molecule has 2 aromatic rings. The number of nitrogens with zero attached hydrogens (tertiary/aromatic N) is 3. The Labute approximate surface area is 135 Å². The average molecular weight is 336 g/mol. The minimum absolute atomic E-state index is 0.0480. The van der Waals surface area contributed by atoms with Crippen LogP contribution in [0.3, 0.4) is 0 Å². The van der Waals surface area contributed by atoms with E-state index in [1.54, 1.807) is 29.2 Å². The van der Waals surface area contributed by atoms with Gasteiger partial charge in [-0.2, -0.15) is 0 Å². The molecule has 0 atom stereocenters. The molecule has 1 N–H and O–H groups in total. The molecule has 8 heteroatoms. The fraction of sp³-hybridized carbons (Fsp3) is 0.533. The van der Waals surface area contributed by atoms with Crippen LogP contribution < -0.4 is 5.32 Å². The molecule has 0 bridgehead atoms. The topological polar surface area (TPSA) is 93.4 Å². The largest absolute Gasteiger partial charge is 0.310 e. The van der Waals surface area contributed by atoms with Crippen molar-refractivity contribution in [2.75, 3.05) is 16.8 Å². The summed E-state index contributed by atoms with van der Waals surface area (Å²) >= 11 is 0. The normalized spacial score (nSPS) is 18.9. The van der Waals surface area contributed by atoms with Gasteiger partial charge in [0.25, 0.3) is 0 Å². The number of carbonyl (C=O) groups excluding carboxylic acids is 1. The fourth-order valence-corrected chi connectivity index (χ4v) is 4.50. The Morgan fingerprint density at radius 1 is 1.30 bits per heavy atom. The highest BCUT2D eigenvalue weighted by Gasteiger charge is 2.40. The average Bonchev–Trinajstić information content (AvgIpc) is 2.90. The van der Waals surface area contributed by atoms with Crippen molar-refractivity contribution in [3.63, 3.8) is 0 Å². The zero-order valence-corrected chi connectivity index (χ0v) is 14.0. The number of carbonyl (C=O) groups is 1. The van der Waals surface area contributed by atoms with Crippen molar-refractivity contribution in [2.45, 2.75) is 26.7 Å². The third-order valence-corrected chi connectivity index (χ3v) is 6.43. The van der Waals surface area contributed by atoms with Gasteiger partial charge in [0.1, 0.15) is 15.7 Å². The number of amides is 1. The summed E-state index contributed by atoms with van der Waals surface area (Å²) in [6.07, 6.45) is 7.63. The van der Waals surface area contributed by atoms with Gasteiger partial charge >= 0.3 is 0 Å². The van der Waals surface area contributed by atoms with Crippen LogP contribution in [-0.4, -0.2) is 40.2 Å². The maximum absolute atomic E-state index is 12.7. The van der Waals surface area contributed by atoms with Crippen molar-refractivity contribution in [2.24, 2.45) is 11.3 Å². The van der Waals surface area contributed by atoms with Crippen LogP contribution in [0.15, 0.2) is 24.8 Å². The third kappa shape index (κ3) is 3.08. The maximum Gasteiger partial charge on any atom is 0.231 e. The number of nitrogens with one attached hydrogen (secondary N) is 1. The van der Waals surface area contributed by atoms with E-state index in [9.17, 15) is 13.2 Å². The molecule has 23 heavy (non-hydrogen) atoms. The van der Waals surface area contributed by atoms with Gasteiger partial charge in [-0.15, -0.1) is 0 Å². The van der Waals surface area contributed by atoms with Crippen molar-refractivity contribution >= 4 is 27.2 Å². The number of rotatable bonds is 3. The molecule has 1 fully saturated rings. The van der Waals surface area contributed by atoms with Crippen molar-refractivity contribution in [3.05, 3.63) is 24.8 Å². The fourth-order valence-electron chi connectivity index (χ4n) is 3.01. The lowest BCUT2D eigenvalue weighted by Gasteiger charge is -2.35. The lowest BCUT2D eigenvalue weighted by atomic mass is 9.75. The summed E-state index contributed by atoms with van der Waals surface area (Å²) in [5.41, 5.74) is 0.0111. The predicted molar refractivity (Wildman–Crippen MR) is 86.8 cm³/mol. The van der Waals surface area contributed by atoms with Gasteiger partial charge in [-0.25, -0.2) is 13.4 Å². The highest BCUT2D eigenvalue weighted by atomic mass is 32.2. The Balaban J connectivity index is 1.76. The lowest BCUT2D eigenvalue weighted by Crippen LogP contribution is -2.41. The number of hydrogen-bond donors (Lipinski definition) is 1. The van der Waals surface area contributed by atoms with Crippen LogP contribution in [0.1, 0.15) is 26.7 Å². The number of anilines is 1. The smallest absolute Gasteiger partial charge is 0.231 e. The summed E-state index contributed by atoms with van der Waals surface area (Å²) < 4.78 is 24.9. The van der Waals surface area contributed by atoms with Crippen LogP contribution in [0, 0.1) is 11.3 Å². The molecule has 2 aromatic heterocycles. The van der Waals surface area contributed by atoms with E-state index in [1.807, 2.05) is 13.8 Å². The van der Waals surface area contributed by atoms with E-state index >= 15 is 0 Å². The molecule has 0 spiro atoms. The number of sulfone groups is 1. The summed E-state index contributed by atoms with van der Waals surface area (Å²) in [6, 6.07) is 0. The second kappa shape index (κ2) is 5.59. The first kappa shape index (κ1) is 15.9. The minimum Gasteiger partial charge on any atom is -0.310 e. The van der Waals surface area contributed by atoms with E-state index in [4.69, 9.17) is 0 Å². The number of imidazole rings is 1. The van der Waals surface area contributed by atoms with E-state index in [1.165, 1.54) is 0 Å². The van der Waals surface area contributed by atoms with Gasteiger partial charge in [0.05, 0.1) is 23.9 Å². The van der Waals surface area contributed by atoms with Crippen LogP contribution in [0.25, 0.3) is 5.65 Å². The standard InChI is InChI=1S/C15H20N4O3S/c1-15(2,11-3-7-23(21,22)8-4-11)14(20)18-13-10-17-12-9-16-5-6-19(12)13/h5-6,9-11H,3-4,7-8H2,1-2H3,(H,18,20). The molecular formula is C15H20N4O3S. The zero-order valence-electron chi connectivity index (χ0n) is 13.2. The zero-order chi connectivity index (χ0) is 16.7. The second-order valence-electron chi connectivity index (χ2n) is 6.55. The van der Waals surface area contributed by atoms with E-state index in [-0.39, 0.29) is 23.3 Å². The van der Waals surface area contributed by atoms with E-state index in [2.05, 4.69) is 15.3 Å². The molecule has 1 aliphatic heterocycles. The molecular weight excluding hydrogens is 316 g/mol. The first-order chi connectivity index (χ1) is 10.8. The lowest BCUT2D eigenvalue weighted by molar-refractivity contribution is -0.126. The van der Waals surface area contributed by atoms with Gasteiger partial charge < -0.3 is 5.32 Å². The minimum atomic E-state index is -2.93. The molecule has 3 heterocycles. The Morgan fingerprint density at radius 3 is 2.70 bits per heavy atom. The molecule has 1 saturated heterocycles. The maximum atomic E-state index is 12.7. The van der Waals surface area contributed by atoms with Crippen LogP contribution >= 0.6 is 0 Å². The summed E-state index contributed by atoms with van der Waals surface area (Å²) in [6.45, 7) is 3.74. The second-order valence-corrected chi connectivity index (χ2v) is 8.85. The van der Waals surface area contributed by atoms with Gasteiger partial charge in [-0.3, -0.25) is 14.2 Å². The summed E-state index contributed by atoms with van der Waals surface area (Å²) in [7, 11) is -2.93. The molecule has 3 rings (SSSR count). The van der Waals surface area contributed by atoms with Gasteiger partial charge in [0, 0.05) is 17.8 Å². The molecule has 0 aromatic carbocycles. The van der Waals surface area contributed by atoms with E-state index < -0.39 is 15.3 Å². The highest BCUT2D eigenvalue weighted by Crippen LogP contribution is 2.36. The monoisotopic (exact) mass is 336 g/mol. The molecule has 0 saturated carbocycles. The van der Waals surface area contributed by atoms with Gasteiger partial charge in [0.15, 0.2) is 5.65 Å². The Kier molecular flexibility index (Phi) is 3.87. The Bertz CT molecular complexity index is 827. The van der Waals surface area contributed by atoms with Crippen molar-refractivity contribution < 1.29 is 13.2 Å². The molecule has 124 valence electrons. The van der Waals surface area contributed by atoms with Gasteiger partial charge in [0.2, 0.25) is 5.91 Å². The molecule has 7 nitrogen and oxygen atoms in total.